The van der Waals surface area contributed by atoms with Gasteiger partial charge in [-0.1, -0.05) is 6.08 Å². The van der Waals surface area contributed by atoms with Crippen LogP contribution < -0.4 is 5.32 Å². The first kappa shape index (κ1) is 12.5. The van der Waals surface area contributed by atoms with Gasteiger partial charge in [0.15, 0.2) is 0 Å². The van der Waals surface area contributed by atoms with Crippen molar-refractivity contribution in [1.82, 2.24) is 5.32 Å². The van der Waals surface area contributed by atoms with E-state index in [2.05, 4.69) is 4.74 Å². The van der Waals surface area contributed by atoms with Gasteiger partial charge in [-0.3, -0.25) is 4.79 Å². The molecule has 0 rings (SSSR count). The Morgan fingerprint density at radius 1 is 1.43 bits per heavy atom. The molecule has 0 aromatic rings. The maximum absolute atomic E-state index is 11.6. The number of esters is 1. The molecule has 0 unspecified atom stereocenters. The first-order valence-corrected chi connectivity index (χ1v) is 3.47. The molecule has 14 heavy (non-hydrogen) atoms. The Labute approximate surface area is 77.7 Å². The van der Waals surface area contributed by atoms with E-state index in [0.717, 1.165) is 19.3 Å². The third-order valence-corrected chi connectivity index (χ3v) is 1.09. The van der Waals surface area contributed by atoms with Crippen molar-refractivity contribution in [1.29, 1.82) is 0 Å². The van der Waals surface area contributed by atoms with E-state index in [-0.39, 0.29) is 6.54 Å². The van der Waals surface area contributed by atoms with Crippen LogP contribution in [0.2, 0.25) is 0 Å². The number of carbonyl (C=O) groups excluding carboxylic acids is 2. The minimum atomic E-state index is -4.90. The zero-order valence-electron chi connectivity index (χ0n) is 7.22. The monoisotopic (exact) mass is 211 g/mol. The Bertz CT molecular complexity index is 247. The molecule has 7 heteroatoms. The van der Waals surface area contributed by atoms with Crippen molar-refractivity contribution in [2.45, 2.75) is 6.18 Å². The van der Waals surface area contributed by atoms with Crippen LogP contribution in [-0.4, -0.2) is 31.7 Å². The number of ether oxygens (including phenoxy) is 1. The van der Waals surface area contributed by atoms with Gasteiger partial charge in [0, 0.05) is 12.6 Å². The lowest BCUT2D eigenvalue weighted by Crippen LogP contribution is -2.36. The van der Waals surface area contributed by atoms with E-state index in [1.165, 1.54) is 0 Å². The average Bonchev–Trinajstić information content (AvgIpc) is 2.09. The van der Waals surface area contributed by atoms with E-state index in [0.29, 0.717) is 0 Å². The molecule has 80 valence electrons. The minimum absolute atomic E-state index is 0.382. The van der Waals surface area contributed by atoms with Crippen LogP contribution in [0, 0.1) is 0 Å². The molecule has 0 aliphatic heterocycles. The number of nitrogens with one attached hydrogen (secondary N) is 1. The highest BCUT2D eigenvalue weighted by atomic mass is 19.4. The highest BCUT2D eigenvalue weighted by Gasteiger charge is 2.37. The number of alkyl halides is 3. The van der Waals surface area contributed by atoms with Gasteiger partial charge in [-0.15, -0.1) is 0 Å². The lowest BCUT2D eigenvalue weighted by atomic mass is 10.4. The standard InChI is InChI=1S/C7H8F3NO3/c1-14-5(12)3-2-4-11-6(13)7(8,9)10/h2-3H,4H2,1H3,(H,11,13)/b3-2+. The van der Waals surface area contributed by atoms with E-state index in [1.54, 1.807) is 5.32 Å². The normalized spacial score (nSPS) is 11.4. The molecule has 0 bridgehead atoms. The molecule has 1 amide bonds. The number of hydrogen-bond donors (Lipinski definition) is 1. The summed E-state index contributed by atoms with van der Waals surface area (Å²) in [6, 6.07) is 0. The topological polar surface area (TPSA) is 55.4 Å². The summed E-state index contributed by atoms with van der Waals surface area (Å²) in [4.78, 5) is 20.6. The minimum Gasteiger partial charge on any atom is -0.466 e. The predicted octanol–water partition coefficient (Wildman–Crippen LogP) is 0.394. The van der Waals surface area contributed by atoms with Gasteiger partial charge in [0.25, 0.3) is 0 Å². The SMILES string of the molecule is COC(=O)/C=C/CNC(=O)C(F)(F)F. The second-order valence-corrected chi connectivity index (χ2v) is 2.13. The van der Waals surface area contributed by atoms with Gasteiger partial charge in [0.1, 0.15) is 0 Å². The first-order chi connectivity index (χ1) is 6.38. The van der Waals surface area contributed by atoms with Crippen LogP contribution in [-0.2, 0) is 14.3 Å². The van der Waals surface area contributed by atoms with Gasteiger partial charge in [0.2, 0.25) is 0 Å². The molecular weight excluding hydrogens is 203 g/mol. The summed E-state index contributed by atoms with van der Waals surface area (Å²) in [5.41, 5.74) is 0. The summed E-state index contributed by atoms with van der Waals surface area (Å²) in [6.45, 7) is -0.382. The number of carbonyl (C=O) groups is 2. The molecule has 0 aliphatic rings. The fourth-order valence-electron chi connectivity index (χ4n) is 0.475. The lowest BCUT2D eigenvalue weighted by Gasteiger charge is -2.04. The number of rotatable bonds is 3. The molecule has 0 aliphatic carbocycles. The summed E-state index contributed by atoms with van der Waals surface area (Å²) in [5, 5.41) is 1.54. The van der Waals surface area contributed by atoms with Gasteiger partial charge in [-0.05, 0) is 0 Å². The van der Waals surface area contributed by atoms with Crippen molar-refractivity contribution < 1.29 is 27.5 Å². The molecule has 1 N–H and O–H groups in total. The molecule has 0 aromatic heterocycles. The van der Waals surface area contributed by atoms with E-state index in [4.69, 9.17) is 0 Å². The van der Waals surface area contributed by atoms with Gasteiger partial charge in [0.05, 0.1) is 7.11 Å². The molecular formula is C7H8F3NO3. The second-order valence-electron chi connectivity index (χ2n) is 2.13. The summed E-state index contributed by atoms with van der Waals surface area (Å²) >= 11 is 0. The summed E-state index contributed by atoms with van der Waals surface area (Å²) in [5.74, 6) is -2.75. The zero-order chi connectivity index (χ0) is 11.2. The molecule has 4 nitrogen and oxygen atoms in total. The molecule has 0 spiro atoms. The maximum Gasteiger partial charge on any atom is 0.471 e. The predicted molar refractivity (Wildman–Crippen MR) is 40.2 cm³/mol. The summed E-state index contributed by atoms with van der Waals surface area (Å²) in [7, 11) is 1.13. The average molecular weight is 211 g/mol. The molecule has 0 saturated carbocycles. The summed E-state index contributed by atoms with van der Waals surface area (Å²) in [6.07, 6.45) is -2.94. The Morgan fingerprint density at radius 3 is 2.43 bits per heavy atom. The molecule has 0 aromatic carbocycles. The van der Waals surface area contributed by atoms with Crippen LogP contribution in [0.1, 0.15) is 0 Å². The highest BCUT2D eigenvalue weighted by Crippen LogP contribution is 2.13. The van der Waals surface area contributed by atoms with Gasteiger partial charge >= 0.3 is 18.1 Å². The highest BCUT2D eigenvalue weighted by molar-refractivity contribution is 5.83. The fourth-order valence-corrected chi connectivity index (χ4v) is 0.475. The number of methoxy groups -OCH3 is 1. The quantitative estimate of drug-likeness (QED) is 0.542. The van der Waals surface area contributed by atoms with Gasteiger partial charge in [-0.2, -0.15) is 13.2 Å². The van der Waals surface area contributed by atoms with Crippen molar-refractivity contribution >= 4 is 11.9 Å². The third-order valence-electron chi connectivity index (χ3n) is 1.09. The number of halogens is 3. The Kier molecular flexibility index (Phi) is 4.68. The van der Waals surface area contributed by atoms with Crippen molar-refractivity contribution in [2.75, 3.05) is 13.7 Å². The van der Waals surface area contributed by atoms with E-state index in [9.17, 15) is 22.8 Å². The smallest absolute Gasteiger partial charge is 0.466 e. The number of amides is 1. The molecule has 0 fully saturated rings. The van der Waals surface area contributed by atoms with Crippen molar-refractivity contribution in [3.05, 3.63) is 12.2 Å². The van der Waals surface area contributed by atoms with Crippen LogP contribution in [0.3, 0.4) is 0 Å². The van der Waals surface area contributed by atoms with Crippen molar-refractivity contribution in [3.8, 4) is 0 Å². The second kappa shape index (κ2) is 5.25. The van der Waals surface area contributed by atoms with Crippen LogP contribution >= 0.6 is 0 Å². The van der Waals surface area contributed by atoms with E-state index >= 15 is 0 Å². The Morgan fingerprint density at radius 2 is 2.00 bits per heavy atom. The fraction of sp³-hybridized carbons (Fsp3) is 0.429. The summed E-state index contributed by atoms with van der Waals surface area (Å²) < 4.78 is 38.9. The largest absolute Gasteiger partial charge is 0.471 e. The van der Waals surface area contributed by atoms with Crippen LogP contribution in [0.15, 0.2) is 12.2 Å². The van der Waals surface area contributed by atoms with E-state index < -0.39 is 18.1 Å². The van der Waals surface area contributed by atoms with Gasteiger partial charge < -0.3 is 10.1 Å². The molecule has 0 heterocycles. The van der Waals surface area contributed by atoms with Crippen LogP contribution in [0.5, 0.6) is 0 Å². The molecule has 0 atom stereocenters. The zero-order valence-corrected chi connectivity index (χ0v) is 7.22. The van der Waals surface area contributed by atoms with Crippen molar-refractivity contribution in [3.63, 3.8) is 0 Å². The van der Waals surface area contributed by atoms with Crippen LogP contribution in [0.25, 0.3) is 0 Å². The Hall–Kier alpha value is -1.53. The lowest BCUT2D eigenvalue weighted by molar-refractivity contribution is -0.173. The first-order valence-electron chi connectivity index (χ1n) is 3.47. The number of hydrogen-bond acceptors (Lipinski definition) is 3. The third kappa shape index (κ3) is 5.18. The molecule has 0 saturated heterocycles. The van der Waals surface area contributed by atoms with Crippen molar-refractivity contribution in [2.24, 2.45) is 0 Å². The maximum atomic E-state index is 11.6. The van der Waals surface area contributed by atoms with E-state index in [1.807, 2.05) is 0 Å². The van der Waals surface area contributed by atoms with Crippen LogP contribution in [0.4, 0.5) is 13.2 Å². The van der Waals surface area contributed by atoms with Gasteiger partial charge in [-0.25, -0.2) is 4.79 Å². The Balaban J connectivity index is 3.81. The molecule has 0 radical (unpaired) electrons.